The summed E-state index contributed by atoms with van der Waals surface area (Å²) in [5, 5.41) is 16.5. The Kier molecular flexibility index (Phi) is 13.0. The van der Waals surface area contributed by atoms with Gasteiger partial charge in [0.25, 0.3) is 0 Å². The van der Waals surface area contributed by atoms with E-state index in [1.165, 1.54) is 6.92 Å². The highest BCUT2D eigenvalue weighted by Crippen LogP contribution is 2.06. The molecule has 0 fully saturated rings. The summed E-state index contributed by atoms with van der Waals surface area (Å²) < 4.78 is 0. The van der Waals surface area contributed by atoms with Crippen LogP contribution in [0, 0.1) is 5.92 Å². The van der Waals surface area contributed by atoms with Crippen molar-refractivity contribution in [1.29, 1.82) is 0 Å². The molecule has 28 heavy (non-hydrogen) atoms. The van der Waals surface area contributed by atoms with Gasteiger partial charge in [0, 0.05) is 5.75 Å². The van der Waals surface area contributed by atoms with Crippen LogP contribution in [0.25, 0.3) is 0 Å². The zero-order chi connectivity index (χ0) is 21.9. The second-order valence-corrected chi connectivity index (χ2v) is 8.24. The smallest absolute Gasteiger partial charge is 0.327 e. The maximum absolute atomic E-state index is 12.4. The normalized spacial score (nSPS) is 15.2. The number of nitrogens with one attached hydrogen (secondary N) is 3. The number of amides is 3. The summed E-state index contributed by atoms with van der Waals surface area (Å²) in [6, 6.07) is -3.70. The van der Waals surface area contributed by atoms with Gasteiger partial charge in [0.05, 0.1) is 6.04 Å². The first kappa shape index (κ1) is 26.5. The van der Waals surface area contributed by atoms with Gasteiger partial charge in [0.2, 0.25) is 17.7 Å². The quantitative estimate of drug-likeness (QED) is 0.215. The number of hydrogen-bond acceptors (Lipinski definition) is 7. The molecule has 0 aromatic heterocycles. The average molecular weight is 437 g/mol. The van der Waals surface area contributed by atoms with Gasteiger partial charge in [-0.3, -0.25) is 14.4 Å². The molecule has 6 N–H and O–H groups in total. The highest BCUT2D eigenvalue weighted by atomic mass is 32.2. The lowest BCUT2D eigenvalue weighted by atomic mass is 10.0. The number of carbonyl (C=O) groups is 4. The molecule has 11 heteroatoms. The largest absolute Gasteiger partial charge is 0.480 e. The third-order valence-corrected chi connectivity index (χ3v) is 4.87. The Morgan fingerprint density at radius 1 is 1.00 bits per heavy atom. The van der Waals surface area contributed by atoms with Crippen molar-refractivity contribution in [3.63, 3.8) is 0 Å². The van der Waals surface area contributed by atoms with Gasteiger partial charge in [-0.1, -0.05) is 13.8 Å². The van der Waals surface area contributed by atoms with Crippen LogP contribution in [0.3, 0.4) is 0 Å². The SMILES string of the molecule is CSCCC(N)C(=O)NC(C)C(=O)NC(CC(C)C)C(=O)NC(CS)C(=O)O. The fourth-order valence-electron chi connectivity index (χ4n) is 2.22. The van der Waals surface area contributed by atoms with Gasteiger partial charge < -0.3 is 26.8 Å². The van der Waals surface area contributed by atoms with Crippen molar-refractivity contribution >= 4 is 48.1 Å². The molecular formula is C17H32N4O5S2. The standard InChI is InChI=1S/C17H32N4O5S2/c1-9(2)7-12(16(24)21-13(8-27)17(25)26)20-14(22)10(3)19-15(23)11(18)5-6-28-4/h9-13,27H,5-8,18H2,1-4H3,(H,19,23)(H,20,22)(H,21,24)(H,25,26). The number of thiol groups is 1. The molecule has 0 aromatic rings. The molecule has 0 aromatic carbocycles. The Labute approximate surface area is 175 Å². The molecule has 162 valence electrons. The van der Waals surface area contributed by atoms with Gasteiger partial charge in [-0.15, -0.1) is 0 Å². The molecule has 9 nitrogen and oxygen atoms in total. The van der Waals surface area contributed by atoms with Crippen LogP contribution in [0.2, 0.25) is 0 Å². The predicted octanol–water partition coefficient (Wildman–Crippen LogP) is -0.398. The van der Waals surface area contributed by atoms with E-state index in [1.807, 2.05) is 20.1 Å². The van der Waals surface area contributed by atoms with E-state index in [-0.39, 0.29) is 11.7 Å². The summed E-state index contributed by atoms with van der Waals surface area (Å²) >= 11 is 5.48. The second-order valence-electron chi connectivity index (χ2n) is 6.89. The maximum Gasteiger partial charge on any atom is 0.327 e. The molecule has 4 atom stereocenters. The number of thioether (sulfide) groups is 1. The molecule has 0 saturated carbocycles. The number of carbonyl (C=O) groups excluding carboxylic acids is 3. The van der Waals surface area contributed by atoms with Crippen LogP contribution in [0.5, 0.6) is 0 Å². The number of hydrogen-bond donors (Lipinski definition) is 6. The van der Waals surface area contributed by atoms with Crippen molar-refractivity contribution in [3.05, 3.63) is 0 Å². The first-order chi connectivity index (χ1) is 13.0. The van der Waals surface area contributed by atoms with Crippen LogP contribution < -0.4 is 21.7 Å². The van der Waals surface area contributed by atoms with Crippen molar-refractivity contribution < 1.29 is 24.3 Å². The Balaban J connectivity index is 4.93. The molecule has 0 saturated heterocycles. The van der Waals surface area contributed by atoms with Crippen LogP contribution in [0.4, 0.5) is 0 Å². The van der Waals surface area contributed by atoms with Crippen LogP contribution in [-0.2, 0) is 19.2 Å². The molecule has 0 radical (unpaired) electrons. The molecule has 0 bridgehead atoms. The van der Waals surface area contributed by atoms with E-state index in [0.717, 1.165) is 5.75 Å². The highest BCUT2D eigenvalue weighted by Gasteiger charge is 2.28. The van der Waals surface area contributed by atoms with E-state index < -0.39 is 47.9 Å². The Morgan fingerprint density at radius 3 is 2.04 bits per heavy atom. The molecule has 3 amide bonds. The van der Waals surface area contributed by atoms with E-state index in [0.29, 0.717) is 12.8 Å². The molecule has 0 aliphatic heterocycles. The summed E-state index contributed by atoms with van der Waals surface area (Å²) in [5.74, 6) is -2.10. The first-order valence-electron chi connectivity index (χ1n) is 9.02. The van der Waals surface area contributed by atoms with Crippen molar-refractivity contribution in [2.45, 2.75) is 57.8 Å². The average Bonchev–Trinajstić information content (AvgIpc) is 2.62. The fraction of sp³-hybridized carbons (Fsp3) is 0.765. The second kappa shape index (κ2) is 13.7. The summed E-state index contributed by atoms with van der Waals surface area (Å²) in [4.78, 5) is 48.0. The topological polar surface area (TPSA) is 151 Å². The zero-order valence-electron chi connectivity index (χ0n) is 16.7. The first-order valence-corrected chi connectivity index (χ1v) is 11.0. The Hall–Kier alpha value is -1.46. The van der Waals surface area contributed by atoms with Crippen molar-refractivity contribution in [2.24, 2.45) is 11.7 Å². The van der Waals surface area contributed by atoms with Gasteiger partial charge in [0.15, 0.2) is 0 Å². The Morgan fingerprint density at radius 2 is 1.57 bits per heavy atom. The lowest BCUT2D eigenvalue weighted by Crippen LogP contribution is -2.56. The Bertz CT molecular complexity index is 548. The van der Waals surface area contributed by atoms with E-state index in [9.17, 15) is 19.2 Å². The lowest BCUT2D eigenvalue weighted by Gasteiger charge is -2.24. The number of rotatable bonds is 13. The summed E-state index contributed by atoms with van der Waals surface area (Å²) in [7, 11) is 0. The van der Waals surface area contributed by atoms with Crippen LogP contribution in [-0.4, -0.2) is 70.7 Å². The minimum atomic E-state index is -1.21. The minimum Gasteiger partial charge on any atom is -0.480 e. The lowest BCUT2D eigenvalue weighted by molar-refractivity contribution is -0.141. The highest BCUT2D eigenvalue weighted by molar-refractivity contribution is 7.98. The summed E-state index contributed by atoms with van der Waals surface area (Å²) in [6.45, 7) is 5.23. The molecular weight excluding hydrogens is 404 g/mol. The van der Waals surface area contributed by atoms with Crippen molar-refractivity contribution in [1.82, 2.24) is 16.0 Å². The number of carboxylic acid groups (broad SMARTS) is 1. The summed E-state index contributed by atoms with van der Waals surface area (Å²) in [6.07, 6.45) is 2.70. The van der Waals surface area contributed by atoms with Crippen LogP contribution in [0.15, 0.2) is 0 Å². The molecule has 0 aliphatic carbocycles. The van der Waals surface area contributed by atoms with Crippen molar-refractivity contribution in [2.75, 3.05) is 17.8 Å². The monoisotopic (exact) mass is 436 g/mol. The summed E-state index contributed by atoms with van der Waals surface area (Å²) in [5.41, 5.74) is 5.78. The molecule has 0 heterocycles. The van der Waals surface area contributed by atoms with Gasteiger partial charge in [0.1, 0.15) is 18.1 Å². The third-order valence-electron chi connectivity index (χ3n) is 3.86. The van der Waals surface area contributed by atoms with E-state index >= 15 is 0 Å². The minimum absolute atomic E-state index is 0.0696. The van der Waals surface area contributed by atoms with E-state index in [2.05, 4.69) is 28.6 Å². The van der Waals surface area contributed by atoms with Crippen LogP contribution in [0.1, 0.15) is 33.6 Å². The van der Waals surface area contributed by atoms with Gasteiger partial charge in [-0.25, -0.2) is 4.79 Å². The third kappa shape index (κ3) is 10.2. The fourth-order valence-corrected chi connectivity index (χ4v) is 2.96. The molecule has 0 spiro atoms. The van der Waals surface area contributed by atoms with Gasteiger partial charge in [-0.05, 0) is 37.7 Å². The van der Waals surface area contributed by atoms with Gasteiger partial charge in [-0.2, -0.15) is 24.4 Å². The van der Waals surface area contributed by atoms with E-state index in [1.54, 1.807) is 11.8 Å². The molecule has 0 aliphatic rings. The molecule has 0 rings (SSSR count). The number of nitrogens with two attached hydrogens (primary N) is 1. The molecule has 4 unspecified atom stereocenters. The maximum atomic E-state index is 12.4. The predicted molar refractivity (Wildman–Crippen MR) is 113 cm³/mol. The van der Waals surface area contributed by atoms with E-state index in [4.69, 9.17) is 10.8 Å². The van der Waals surface area contributed by atoms with Crippen molar-refractivity contribution in [3.8, 4) is 0 Å². The van der Waals surface area contributed by atoms with Crippen LogP contribution >= 0.6 is 24.4 Å². The van der Waals surface area contributed by atoms with Gasteiger partial charge >= 0.3 is 5.97 Å². The zero-order valence-corrected chi connectivity index (χ0v) is 18.4. The number of aliphatic carboxylic acids is 1. The number of carboxylic acids is 1.